The van der Waals surface area contributed by atoms with E-state index in [9.17, 15) is 9.50 Å². The molecule has 0 bridgehead atoms. The van der Waals surface area contributed by atoms with E-state index in [1.807, 2.05) is 16.9 Å². The third kappa shape index (κ3) is 2.95. The molecule has 0 unspecified atom stereocenters. The number of hydrogen-bond acceptors (Lipinski definition) is 6. The van der Waals surface area contributed by atoms with Crippen molar-refractivity contribution >= 4 is 11.8 Å². The summed E-state index contributed by atoms with van der Waals surface area (Å²) in [5.74, 6) is 1.30. The first kappa shape index (κ1) is 16.3. The van der Waals surface area contributed by atoms with Crippen molar-refractivity contribution in [2.45, 2.75) is 25.0 Å². The van der Waals surface area contributed by atoms with Crippen LogP contribution in [0.2, 0.25) is 0 Å². The van der Waals surface area contributed by atoms with Crippen LogP contribution < -0.4 is 9.80 Å². The molecule has 1 aliphatic carbocycles. The van der Waals surface area contributed by atoms with Gasteiger partial charge in [0.15, 0.2) is 11.6 Å². The van der Waals surface area contributed by atoms with Crippen molar-refractivity contribution in [3.8, 4) is 0 Å². The zero-order valence-corrected chi connectivity index (χ0v) is 14.5. The monoisotopic (exact) mass is 346 g/mol. The standard InChI is InChI=1S/C17H23FN6O/c1-22(2)16-13(18)8-19-17(21-16)23-9-11-6-14(24-5-3-4-20-24)15(25)7-12(11)10-23/h3-5,8,11-12,14-15,25H,6-7,9-10H2,1-2H3/t11-,12+,14-,15-/m1/s1. The lowest BCUT2D eigenvalue weighted by atomic mass is 9.77. The van der Waals surface area contributed by atoms with Gasteiger partial charge in [0.05, 0.1) is 18.3 Å². The Balaban J connectivity index is 1.52. The summed E-state index contributed by atoms with van der Waals surface area (Å²) in [4.78, 5) is 12.3. The Morgan fingerprint density at radius 1 is 1.24 bits per heavy atom. The van der Waals surface area contributed by atoms with E-state index in [0.29, 0.717) is 23.6 Å². The van der Waals surface area contributed by atoms with Gasteiger partial charge in [0, 0.05) is 39.6 Å². The topological polar surface area (TPSA) is 70.3 Å². The van der Waals surface area contributed by atoms with E-state index in [4.69, 9.17) is 0 Å². The molecule has 8 heteroatoms. The Morgan fingerprint density at radius 3 is 2.68 bits per heavy atom. The summed E-state index contributed by atoms with van der Waals surface area (Å²) >= 11 is 0. The Bertz CT molecular complexity index is 737. The quantitative estimate of drug-likeness (QED) is 0.904. The van der Waals surface area contributed by atoms with Crippen LogP contribution in [0.25, 0.3) is 0 Å². The zero-order chi connectivity index (χ0) is 17.6. The van der Waals surface area contributed by atoms with Gasteiger partial charge in [-0.3, -0.25) is 4.68 Å². The van der Waals surface area contributed by atoms with Gasteiger partial charge >= 0.3 is 0 Å². The summed E-state index contributed by atoms with van der Waals surface area (Å²) < 4.78 is 15.7. The van der Waals surface area contributed by atoms with Crippen molar-refractivity contribution in [3.63, 3.8) is 0 Å². The summed E-state index contributed by atoms with van der Waals surface area (Å²) in [5, 5.41) is 14.8. The molecule has 1 N–H and O–H groups in total. The van der Waals surface area contributed by atoms with E-state index in [1.165, 1.54) is 6.20 Å². The highest BCUT2D eigenvalue weighted by Gasteiger charge is 2.43. The Kier molecular flexibility index (Phi) is 4.07. The predicted octanol–water partition coefficient (Wildman–Crippen LogP) is 1.33. The molecule has 0 spiro atoms. The highest BCUT2D eigenvalue weighted by atomic mass is 19.1. The molecular formula is C17H23FN6O. The van der Waals surface area contributed by atoms with Crippen LogP contribution in [-0.4, -0.2) is 58.1 Å². The lowest BCUT2D eigenvalue weighted by Gasteiger charge is -2.35. The Hall–Kier alpha value is -2.22. The van der Waals surface area contributed by atoms with E-state index < -0.39 is 11.9 Å². The molecule has 4 atom stereocenters. The highest BCUT2D eigenvalue weighted by molar-refractivity contribution is 5.44. The lowest BCUT2D eigenvalue weighted by molar-refractivity contribution is 0.0306. The van der Waals surface area contributed by atoms with Crippen molar-refractivity contribution in [2.75, 3.05) is 37.0 Å². The first-order valence-electron chi connectivity index (χ1n) is 8.65. The van der Waals surface area contributed by atoms with Gasteiger partial charge in [-0.25, -0.2) is 9.37 Å². The van der Waals surface area contributed by atoms with E-state index in [2.05, 4.69) is 20.0 Å². The van der Waals surface area contributed by atoms with E-state index in [0.717, 1.165) is 25.9 Å². The Morgan fingerprint density at radius 2 is 2.00 bits per heavy atom. The third-order valence-corrected chi connectivity index (χ3v) is 5.39. The first-order valence-corrected chi connectivity index (χ1v) is 8.65. The molecule has 134 valence electrons. The molecule has 2 aromatic rings. The molecule has 1 saturated heterocycles. The maximum absolute atomic E-state index is 13.8. The summed E-state index contributed by atoms with van der Waals surface area (Å²) in [5.41, 5.74) is 0. The van der Waals surface area contributed by atoms with Crippen molar-refractivity contribution in [1.29, 1.82) is 0 Å². The van der Waals surface area contributed by atoms with Gasteiger partial charge in [-0.1, -0.05) is 0 Å². The minimum absolute atomic E-state index is 0.0164. The SMILES string of the molecule is CN(C)c1nc(N2C[C@H]3C[C@@H](n4cccn4)[C@H](O)C[C@H]3C2)ncc1F. The second-order valence-corrected chi connectivity index (χ2v) is 7.25. The third-order valence-electron chi connectivity index (χ3n) is 5.39. The van der Waals surface area contributed by atoms with Crippen LogP contribution in [0.3, 0.4) is 0 Å². The van der Waals surface area contributed by atoms with Crippen molar-refractivity contribution in [3.05, 3.63) is 30.5 Å². The normalized spacial score (nSPS) is 28.9. The van der Waals surface area contributed by atoms with E-state index in [1.54, 1.807) is 25.2 Å². The molecule has 25 heavy (non-hydrogen) atoms. The number of rotatable bonds is 3. The minimum atomic E-state index is -0.417. The van der Waals surface area contributed by atoms with Gasteiger partial charge in [0.2, 0.25) is 5.95 Å². The number of aliphatic hydroxyl groups is 1. The van der Waals surface area contributed by atoms with Crippen molar-refractivity contribution < 1.29 is 9.50 Å². The molecular weight excluding hydrogens is 323 g/mol. The summed E-state index contributed by atoms with van der Waals surface area (Å²) in [6, 6.07) is 1.90. The average molecular weight is 346 g/mol. The van der Waals surface area contributed by atoms with Gasteiger partial charge in [-0.15, -0.1) is 0 Å². The minimum Gasteiger partial charge on any atom is -0.391 e. The maximum Gasteiger partial charge on any atom is 0.227 e. The number of fused-ring (bicyclic) bond motifs is 1. The number of aromatic nitrogens is 4. The molecule has 3 heterocycles. The van der Waals surface area contributed by atoms with Crippen LogP contribution in [0.4, 0.5) is 16.2 Å². The summed E-state index contributed by atoms with van der Waals surface area (Å²) in [7, 11) is 3.54. The number of anilines is 2. The van der Waals surface area contributed by atoms with Crippen LogP contribution >= 0.6 is 0 Å². The van der Waals surface area contributed by atoms with Gasteiger partial charge in [0.25, 0.3) is 0 Å². The van der Waals surface area contributed by atoms with E-state index >= 15 is 0 Å². The van der Waals surface area contributed by atoms with Gasteiger partial charge in [-0.05, 0) is 30.7 Å². The van der Waals surface area contributed by atoms with Crippen molar-refractivity contribution in [2.24, 2.45) is 11.8 Å². The van der Waals surface area contributed by atoms with Crippen LogP contribution in [0.15, 0.2) is 24.7 Å². The molecule has 0 amide bonds. The molecule has 2 fully saturated rings. The number of hydrogen-bond donors (Lipinski definition) is 1. The molecule has 2 aliphatic rings. The molecule has 7 nitrogen and oxygen atoms in total. The second-order valence-electron chi connectivity index (χ2n) is 7.25. The van der Waals surface area contributed by atoms with E-state index in [-0.39, 0.29) is 6.04 Å². The average Bonchev–Trinajstić information content (AvgIpc) is 3.23. The smallest absolute Gasteiger partial charge is 0.227 e. The van der Waals surface area contributed by atoms with Crippen LogP contribution in [0, 0.1) is 17.7 Å². The predicted molar refractivity (Wildman–Crippen MR) is 92.0 cm³/mol. The zero-order valence-electron chi connectivity index (χ0n) is 14.5. The summed E-state index contributed by atoms with van der Waals surface area (Å²) in [6.07, 6.45) is 6.12. The molecule has 0 aromatic carbocycles. The Labute approximate surface area is 146 Å². The van der Waals surface area contributed by atoms with Crippen LogP contribution in [0.5, 0.6) is 0 Å². The highest BCUT2D eigenvalue weighted by Crippen LogP contribution is 2.41. The van der Waals surface area contributed by atoms with Crippen LogP contribution in [-0.2, 0) is 0 Å². The fourth-order valence-electron chi connectivity index (χ4n) is 4.15. The number of aliphatic hydroxyl groups excluding tert-OH is 1. The number of halogens is 1. The molecule has 2 aromatic heterocycles. The second kappa shape index (κ2) is 6.25. The molecule has 0 radical (unpaired) electrons. The first-order chi connectivity index (χ1) is 12.0. The van der Waals surface area contributed by atoms with Crippen LogP contribution in [0.1, 0.15) is 18.9 Å². The van der Waals surface area contributed by atoms with Gasteiger partial charge in [0.1, 0.15) is 0 Å². The molecule has 1 aliphatic heterocycles. The largest absolute Gasteiger partial charge is 0.391 e. The number of nitrogens with zero attached hydrogens (tertiary/aromatic N) is 6. The fraction of sp³-hybridized carbons (Fsp3) is 0.588. The molecule has 1 saturated carbocycles. The van der Waals surface area contributed by atoms with Crippen molar-refractivity contribution in [1.82, 2.24) is 19.7 Å². The summed E-state index contributed by atoms with van der Waals surface area (Å²) in [6.45, 7) is 1.62. The fourth-order valence-corrected chi connectivity index (χ4v) is 4.15. The maximum atomic E-state index is 13.8. The molecule has 4 rings (SSSR count). The van der Waals surface area contributed by atoms with Gasteiger partial charge in [-0.2, -0.15) is 10.1 Å². The van der Waals surface area contributed by atoms with Gasteiger partial charge < -0.3 is 14.9 Å². The lowest BCUT2D eigenvalue weighted by Crippen LogP contribution is -2.36.